The number of hydrogen-bond acceptors (Lipinski definition) is 5. The summed E-state index contributed by atoms with van der Waals surface area (Å²) < 4.78 is 62.1. The van der Waals surface area contributed by atoms with Crippen LogP contribution < -0.4 is 10.1 Å². The third kappa shape index (κ3) is 6.28. The summed E-state index contributed by atoms with van der Waals surface area (Å²) in [4.78, 5) is 31.6. The number of hydrogen-bond donors (Lipinski definition) is 1. The third-order valence-corrected chi connectivity index (χ3v) is 6.54. The van der Waals surface area contributed by atoms with E-state index in [9.17, 15) is 27.2 Å². The van der Waals surface area contributed by atoms with Crippen molar-refractivity contribution in [3.8, 4) is 11.5 Å². The number of halogens is 4. The fraction of sp³-hybridized carbons (Fsp3) is 0.214. The first kappa shape index (κ1) is 26.9. The lowest BCUT2D eigenvalue weighted by Gasteiger charge is -2.24. The average Bonchev–Trinajstić information content (AvgIpc) is 3.59. The fourth-order valence-corrected chi connectivity index (χ4v) is 4.67. The predicted molar refractivity (Wildman–Crippen MR) is 135 cm³/mol. The van der Waals surface area contributed by atoms with E-state index in [0.29, 0.717) is 29.3 Å². The van der Waals surface area contributed by atoms with E-state index in [1.165, 1.54) is 46.5 Å². The van der Waals surface area contributed by atoms with Crippen molar-refractivity contribution >= 4 is 17.5 Å². The highest BCUT2D eigenvalue weighted by atomic mass is 19.1. The maximum absolute atomic E-state index is 14.3. The first-order valence-electron chi connectivity index (χ1n) is 12.3. The summed E-state index contributed by atoms with van der Waals surface area (Å²) in [5.74, 6) is -3.93. The number of anilines is 1. The lowest BCUT2D eigenvalue weighted by molar-refractivity contribution is -0.137. The molecule has 5 rings (SSSR count). The number of amides is 2. The minimum absolute atomic E-state index is 0.0618. The van der Waals surface area contributed by atoms with Crippen LogP contribution in [0.15, 0.2) is 73.3 Å². The van der Waals surface area contributed by atoms with Crippen LogP contribution in [0.2, 0.25) is 0 Å². The molecular weight excluding hydrogens is 530 g/mol. The van der Waals surface area contributed by atoms with E-state index in [-0.39, 0.29) is 37.3 Å². The van der Waals surface area contributed by atoms with E-state index in [1.807, 2.05) is 0 Å². The van der Waals surface area contributed by atoms with Gasteiger partial charge in [-0.3, -0.25) is 9.59 Å². The Bertz CT molecular complexity index is 1470. The van der Waals surface area contributed by atoms with Gasteiger partial charge < -0.3 is 15.0 Å². The van der Waals surface area contributed by atoms with Crippen LogP contribution in [0.1, 0.15) is 12.0 Å². The highest BCUT2D eigenvalue weighted by molar-refractivity contribution is 5.97. The maximum atomic E-state index is 14.3. The van der Waals surface area contributed by atoms with E-state index in [1.54, 1.807) is 24.3 Å². The first-order chi connectivity index (χ1) is 19.2. The number of benzene rings is 3. The topological polar surface area (TPSA) is 89.4 Å². The molecule has 0 radical (unpaired) electrons. The second-order valence-corrected chi connectivity index (χ2v) is 9.38. The van der Waals surface area contributed by atoms with Gasteiger partial charge in [-0.25, -0.2) is 27.2 Å². The molecule has 1 aliphatic rings. The molecule has 0 aliphatic carbocycles. The van der Waals surface area contributed by atoms with Crippen LogP contribution in [0.5, 0.6) is 11.5 Å². The van der Waals surface area contributed by atoms with E-state index in [0.717, 1.165) is 0 Å². The lowest BCUT2D eigenvalue weighted by atomic mass is 9.95. The zero-order valence-electron chi connectivity index (χ0n) is 20.9. The molecule has 1 N–H and O–H groups in total. The quantitative estimate of drug-likeness (QED) is 0.319. The van der Waals surface area contributed by atoms with Crippen LogP contribution in [-0.2, 0) is 22.6 Å². The zero-order chi connectivity index (χ0) is 28.2. The minimum atomic E-state index is -1.03. The molecule has 0 bridgehead atoms. The summed E-state index contributed by atoms with van der Waals surface area (Å²) in [6.45, 7) is -0.114. The molecule has 3 aromatic carbocycles. The normalized spacial score (nSPS) is 16.6. The summed E-state index contributed by atoms with van der Waals surface area (Å²) in [5, 5.41) is 6.69. The first-order valence-corrected chi connectivity index (χ1v) is 12.3. The van der Waals surface area contributed by atoms with Crippen molar-refractivity contribution in [3.63, 3.8) is 0 Å². The van der Waals surface area contributed by atoms with Gasteiger partial charge in [-0.05, 0) is 67.3 Å². The summed E-state index contributed by atoms with van der Waals surface area (Å²) >= 11 is 0. The van der Waals surface area contributed by atoms with E-state index >= 15 is 0 Å². The highest BCUT2D eigenvalue weighted by Crippen LogP contribution is 2.30. The number of likely N-dealkylation sites (tertiary alicyclic amines) is 1. The van der Waals surface area contributed by atoms with Crippen molar-refractivity contribution in [2.24, 2.45) is 5.92 Å². The third-order valence-electron chi connectivity index (χ3n) is 6.54. The average molecular weight is 554 g/mol. The largest absolute Gasteiger partial charge is 0.457 e. The van der Waals surface area contributed by atoms with Gasteiger partial charge in [0.05, 0.1) is 0 Å². The molecule has 206 valence electrons. The van der Waals surface area contributed by atoms with Gasteiger partial charge in [0, 0.05) is 29.9 Å². The molecule has 0 saturated carbocycles. The number of nitrogens with one attached hydrogen (secondary N) is 1. The molecule has 4 aromatic rings. The molecule has 0 unspecified atom stereocenters. The molecule has 1 saturated heterocycles. The standard InChI is InChI=1S/C28H23F4N5O3/c29-18-1-5-21(6-2-18)40-22-7-3-20(4-8-22)35-28(39)26-10-17(9-23-24(31)11-19(30)12-25(23)32)13-37(26)27(38)14-36-16-33-15-34-36/h1-8,11-12,15-17,26H,9-10,13-14H2,(H,35,39)/t17-,26+/m1/s1. The Morgan fingerprint density at radius 2 is 1.57 bits per heavy atom. The molecule has 8 nitrogen and oxygen atoms in total. The Morgan fingerprint density at radius 3 is 2.20 bits per heavy atom. The number of carbonyl (C=O) groups is 2. The molecule has 0 spiro atoms. The van der Waals surface area contributed by atoms with Crippen molar-refractivity contribution in [1.82, 2.24) is 19.7 Å². The summed E-state index contributed by atoms with van der Waals surface area (Å²) in [6, 6.07) is 12.2. The zero-order valence-corrected chi connectivity index (χ0v) is 20.9. The highest BCUT2D eigenvalue weighted by Gasteiger charge is 2.40. The van der Waals surface area contributed by atoms with Gasteiger partial charge in [-0.2, -0.15) is 5.10 Å². The Hall–Kier alpha value is -4.74. The van der Waals surface area contributed by atoms with Gasteiger partial charge in [0.1, 0.15) is 60.0 Å². The molecular formula is C28H23F4N5O3. The van der Waals surface area contributed by atoms with Crippen LogP contribution in [0, 0.1) is 29.2 Å². The minimum Gasteiger partial charge on any atom is -0.457 e. The number of carbonyl (C=O) groups excluding carboxylic acids is 2. The van der Waals surface area contributed by atoms with Crippen LogP contribution >= 0.6 is 0 Å². The maximum Gasteiger partial charge on any atom is 0.247 e. The van der Waals surface area contributed by atoms with Crippen molar-refractivity contribution in [2.75, 3.05) is 11.9 Å². The van der Waals surface area contributed by atoms with Crippen molar-refractivity contribution in [2.45, 2.75) is 25.4 Å². The molecule has 2 heterocycles. The van der Waals surface area contributed by atoms with Gasteiger partial charge >= 0.3 is 0 Å². The van der Waals surface area contributed by atoms with E-state index < -0.39 is 41.2 Å². The van der Waals surface area contributed by atoms with Gasteiger partial charge in [-0.1, -0.05) is 0 Å². The Labute approximate surface area is 226 Å². The summed E-state index contributed by atoms with van der Waals surface area (Å²) in [5.41, 5.74) is 0.132. The van der Waals surface area contributed by atoms with Crippen molar-refractivity contribution < 1.29 is 31.9 Å². The van der Waals surface area contributed by atoms with Crippen LogP contribution in [0.3, 0.4) is 0 Å². The predicted octanol–water partition coefficient (Wildman–Crippen LogP) is 4.73. The summed E-state index contributed by atoms with van der Waals surface area (Å²) in [7, 11) is 0. The second-order valence-electron chi connectivity index (χ2n) is 9.38. The van der Waals surface area contributed by atoms with Crippen LogP contribution in [-0.4, -0.2) is 44.1 Å². The number of rotatable bonds is 8. The van der Waals surface area contributed by atoms with Gasteiger partial charge in [0.15, 0.2) is 0 Å². The van der Waals surface area contributed by atoms with E-state index in [2.05, 4.69) is 15.4 Å². The number of aromatic nitrogens is 3. The lowest BCUT2D eigenvalue weighted by Crippen LogP contribution is -2.44. The van der Waals surface area contributed by atoms with Crippen LogP contribution in [0.4, 0.5) is 23.2 Å². The Kier molecular flexibility index (Phi) is 7.76. The molecule has 40 heavy (non-hydrogen) atoms. The van der Waals surface area contributed by atoms with Crippen molar-refractivity contribution in [1.29, 1.82) is 0 Å². The second kappa shape index (κ2) is 11.6. The molecule has 2 amide bonds. The smallest absolute Gasteiger partial charge is 0.247 e. The van der Waals surface area contributed by atoms with Crippen LogP contribution in [0.25, 0.3) is 0 Å². The molecule has 2 atom stereocenters. The molecule has 1 fully saturated rings. The number of ether oxygens (including phenoxy) is 1. The summed E-state index contributed by atoms with van der Waals surface area (Å²) in [6.07, 6.45) is 2.65. The Morgan fingerprint density at radius 1 is 0.925 bits per heavy atom. The van der Waals surface area contributed by atoms with Gasteiger partial charge in [-0.15, -0.1) is 0 Å². The molecule has 1 aliphatic heterocycles. The Balaban J connectivity index is 1.29. The fourth-order valence-electron chi connectivity index (χ4n) is 4.67. The monoisotopic (exact) mass is 553 g/mol. The van der Waals surface area contributed by atoms with E-state index in [4.69, 9.17) is 4.74 Å². The van der Waals surface area contributed by atoms with Gasteiger partial charge in [0.25, 0.3) is 0 Å². The van der Waals surface area contributed by atoms with Gasteiger partial charge in [0.2, 0.25) is 11.8 Å². The SMILES string of the molecule is O=C(Nc1ccc(Oc2ccc(F)cc2)cc1)[C@@H]1C[C@@H](Cc2c(F)cc(F)cc2F)CN1C(=O)Cn1cncn1. The molecule has 1 aromatic heterocycles. The number of nitrogens with zero attached hydrogens (tertiary/aromatic N) is 4. The molecule has 12 heteroatoms. The van der Waals surface area contributed by atoms with Crippen molar-refractivity contribution in [3.05, 3.63) is 102 Å².